The number of nitrogens with two attached hydrogens (primary N) is 1. The number of carbonyl (C=O) groups excluding carboxylic acids is 1. The Bertz CT molecular complexity index is 473. The van der Waals surface area contributed by atoms with Crippen molar-refractivity contribution in [2.75, 3.05) is 5.32 Å². The van der Waals surface area contributed by atoms with Crippen molar-refractivity contribution in [2.45, 2.75) is 31.7 Å². The first-order valence-electron chi connectivity index (χ1n) is 6.20. The highest BCUT2D eigenvalue weighted by Crippen LogP contribution is 2.29. The molecule has 1 aromatic rings. The van der Waals surface area contributed by atoms with Crippen LogP contribution in [0.25, 0.3) is 0 Å². The Morgan fingerprint density at radius 2 is 2.00 bits per heavy atom. The molecule has 2 unspecified atom stereocenters. The third-order valence-electron chi connectivity index (χ3n) is 3.41. The van der Waals surface area contributed by atoms with Gasteiger partial charge in [-0.25, -0.2) is 8.78 Å². The number of amides is 1. The fourth-order valence-corrected chi connectivity index (χ4v) is 2.60. The van der Waals surface area contributed by atoms with Gasteiger partial charge in [0.2, 0.25) is 5.91 Å². The van der Waals surface area contributed by atoms with Gasteiger partial charge in [-0.2, -0.15) is 0 Å². The molecule has 0 bridgehead atoms. The van der Waals surface area contributed by atoms with Gasteiger partial charge in [0.1, 0.15) is 5.82 Å². The quantitative estimate of drug-likeness (QED) is 0.879. The second-order valence-electron chi connectivity index (χ2n) is 4.79. The Balaban J connectivity index is 2.14. The Morgan fingerprint density at radius 3 is 2.63 bits per heavy atom. The molecule has 0 spiro atoms. The lowest BCUT2D eigenvalue weighted by Crippen LogP contribution is -2.40. The van der Waals surface area contributed by atoms with Gasteiger partial charge in [-0.3, -0.25) is 4.79 Å². The molecule has 0 aliphatic heterocycles. The van der Waals surface area contributed by atoms with Crippen molar-refractivity contribution in [3.63, 3.8) is 0 Å². The molecule has 1 fully saturated rings. The van der Waals surface area contributed by atoms with Gasteiger partial charge in [0, 0.05) is 12.1 Å². The summed E-state index contributed by atoms with van der Waals surface area (Å²) >= 11 is 5.73. The van der Waals surface area contributed by atoms with E-state index in [0.717, 1.165) is 25.3 Å². The van der Waals surface area contributed by atoms with Crippen LogP contribution in [0.2, 0.25) is 5.02 Å². The summed E-state index contributed by atoms with van der Waals surface area (Å²) in [4.78, 5) is 12.1. The lowest BCUT2D eigenvalue weighted by atomic mass is 9.84. The maximum Gasteiger partial charge on any atom is 0.229 e. The average Bonchev–Trinajstić information content (AvgIpc) is 2.34. The molecule has 1 aliphatic rings. The molecular formula is C13H15ClF2N2O. The van der Waals surface area contributed by atoms with E-state index >= 15 is 0 Å². The van der Waals surface area contributed by atoms with Crippen LogP contribution in [-0.4, -0.2) is 11.9 Å². The van der Waals surface area contributed by atoms with Gasteiger partial charge in [-0.05, 0) is 18.9 Å². The fraction of sp³-hybridized carbons (Fsp3) is 0.462. The summed E-state index contributed by atoms with van der Waals surface area (Å²) in [5.41, 5.74) is 5.70. The molecule has 6 heteroatoms. The highest BCUT2D eigenvalue weighted by molar-refractivity contribution is 6.33. The summed E-state index contributed by atoms with van der Waals surface area (Å²) in [6, 6.07) is 1.42. The predicted octanol–water partition coefficient (Wildman–Crippen LogP) is 3.07. The van der Waals surface area contributed by atoms with E-state index in [1.807, 2.05) is 0 Å². The van der Waals surface area contributed by atoms with Crippen LogP contribution in [0.3, 0.4) is 0 Å². The van der Waals surface area contributed by atoms with E-state index in [1.54, 1.807) is 0 Å². The Morgan fingerprint density at radius 1 is 1.32 bits per heavy atom. The van der Waals surface area contributed by atoms with Crippen molar-refractivity contribution in [1.82, 2.24) is 0 Å². The van der Waals surface area contributed by atoms with Gasteiger partial charge in [0.05, 0.1) is 16.6 Å². The largest absolute Gasteiger partial charge is 0.327 e. The second-order valence-corrected chi connectivity index (χ2v) is 5.20. The molecule has 19 heavy (non-hydrogen) atoms. The summed E-state index contributed by atoms with van der Waals surface area (Å²) < 4.78 is 26.5. The van der Waals surface area contributed by atoms with Crippen LogP contribution in [-0.2, 0) is 4.79 Å². The summed E-state index contributed by atoms with van der Waals surface area (Å²) in [6.45, 7) is 0. The number of rotatable bonds is 2. The van der Waals surface area contributed by atoms with Crippen LogP contribution >= 0.6 is 11.6 Å². The highest BCUT2D eigenvalue weighted by Gasteiger charge is 2.29. The number of benzene rings is 1. The van der Waals surface area contributed by atoms with Gasteiger partial charge in [0.15, 0.2) is 5.82 Å². The first-order chi connectivity index (χ1) is 8.99. The fourth-order valence-electron chi connectivity index (χ4n) is 2.36. The topological polar surface area (TPSA) is 55.1 Å². The summed E-state index contributed by atoms with van der Waals surface area (Å²) in [5.74, 6) is -2.38. The van der Waals surface area contributed by atoms with Gasteiger partial charge in [-0.15, -0.1) is 0 Å². The van der Waals surface area contributed by atoms with E-state index in [4.69, 9.17) is 17.3 Å². The zero-order chi connectivity index (χ0) is 14.0. The zero-order valence-electron chi connectivity index (χ0n) is 10.3. The lowest BCUT2D eigenvalue weighted by Gasteiger charge is -2.27. The molecule has 3 N–H and O–H groups in total. The van der Waals surface area contributed by atoms with Crippen molar-refractivity contribution in [3.05, 3.63) is 28.8 Å². The molecule has 2 rings (SSSR count). The molecule has 0 saturated heterocycles. The summed E-state index contributed by atoms with van der Waals surface area (Å²) in [5, 5.41) is 2.26. The molecule has 0 heterocycles. The van der Waals surface area contributed by atoms with Crippen LogP contribution in [0.5, 0.6) is 0 Å². The van der Waals surface area contributed by atoms with E-state index in [-0.39, 0.29) is 28.6 Å². The number of hydrogen-bond donors (Lipinski definition) is 2. The molecule has 1 aliphatic carbocycles. The van der Waals surface area contributed by atoms with E-state index in [0.29, 0.717) is 12.5 Å². The minimum atomic E-state index is -0.886. The summed E-state index contributed by atoms with van der Waals surface area (Å²) in [6.07, 6.45) is 3.37. The Kier molecular flexibility index (Phi) is 4.37. The number of halogens is 3. The predicted molar refractivity (Wildman–Crippen MR) is 69.9 cm³/mol. The standard InChI is InChI=1S/C13H15ClF2N2O/c14-9-5-7(15)6-10(16)12(9)18-13(19)8-3-1-2-4-11(8)17/h5-6,8,11H,1-4,17H2,(H,18,19). The maximum absolute atomic E-state index is 13.6. The third-order valence-corrected chi connectivity index (χ3v) is 3.71. The molecule has 3 nitrogen and oxygen atoms in total. The number of hydrogen-bond acceptors (Lipinski definition) is 2. The monoisotopic (exact) mass is 288 g/mol. The minimum Gasteiger partial charge on any atom is -0.327 e. The average molecular weight is 289 g/mol. The number of carbonyl (C=O) groups is 1. The minimum absolute atomic E-state index is 0.157. The molecule has 2 atom stereocenters. The van der Waals surface area contributed by atoms with Gasteiger partial charge < -0.3 is 11.1 Å². The Labute approximate surface area is 115 Å². The highest BCUT2D eigenvalue weighted by atomic mass is 35.5. The normalized spacial score (nSPS) is 23.2. The molecule has 1 amide bonds. The second kappa shape index (κ2) is 5.84. The third kappa shape index (κ3) is 3.22. The van der Waals surface area contributed by atoms with E-state index in [1.165, 1.54) is 0 Å². The van der Waals surface area contributed by atoms with Gasteiger partial charge >= 0.3 is 0 Å². The molecule has 0 aromatic heterocycles. The van der Waals surface area contributed by atoms with E-state index < -0.39 is 11.6 Å². The van der Waals surface area contributed by atoms with Crippen molar-refractivity contribution < 1.29 is 13.6 Å². The van der Waals surface area contributed by atoms with Crippen molar-refractivity contribution in [1.29, 1.82) is 0 Å². The van der Waals surface area contributed by atoms with E-state index in [9.17, 15) is 13.6 Å². The van der Waals surface area contributed by atoms with Crippen LogP contribution in [0.4, 0.5) is 14.5 Å². The van der Waals surface area contributed by atoms with E-state index in [2.05, 4.69) is 5.32 Å². The van der Waals surface area contributed by atoms with Crippen LogP contribution in [0, 0.1) is 17.6 Å². The van der Waals surface area contributed by atoms with Gasteiger partial charge in [0.25, 0.3) is 0 Å². The first-order valence-corrected chi connectivity index (χ1v) is 6.58. The van der Waals surface area contributed by atoms with Gasteiger partial charge in [-0.1, -0.05) is 24.4 Å². The van der Waals surface area contributed by atoms with Crippen LogP contribution in [0.1, 0.15) is 25.7 Å². The molecular weight excluding hydrogens is 274 g/mol. The van der Waals surface area contributed by atoms with Crippen molar-refractivity contribution >= 4 is 23.2 Å². The van der Waals surface area contributed by atoms with Crippen molar-refractivity contribution in [2.24, 2.45) is 11.7 Å². The molecule has 104 valence electrons. The van der Waals surface area contributed by atoms with Crippen LogP contribution < -0.4 is 11.1 Å². The van der Waals surface area contributed by atoms with Crippen LogP contribution in [0.15, 0.2) is 12.1 Å². The first kappa shape index (κ1) is 14.2. The molecule has 0 radical (unpaired) electrons. The summed E-state index contributed by atoms with van der Waals surface area (Å²) in [7, 11) is 0. The molecule has 1 saturated carbocycles. The molecule has 1 aromatic carbocycles. The van der Waals surface area contributed by atoms with Crippen molar-refractivity contribution in [3.8, 4) is 0 Å². The SMILES string of the molecule is NC1CCCCC1C(=O)Nc1c(F)cc(F)cc1Cl. The number of anilines is 1. The Hall–Kier alpha value is -1.20. The lowest BCUT2D eigenvalue weighted by molar-refractivity contribution is -0.121. The smallest absolute Gasteiger partial charge is 0.229 e. The zero-order valence-corrected chi connectivity index (χ0v) is 11.0. The maximum atomic E-state index is 13.6. The number of nitrogens with one attached hydrogen (secondary N) is 1.